The minimum absolute atomic E-state index is 0.0829. The van der Waals surface area contributed by atoms with E-state index in [0.29, 0.717) is 16.6 Å². The summed E-state index contributed by atoms with van der Waals surface area (Å²) in [5.41, 5.74) is 6.54. The van der Waals surface area contributed by atoms with Gasteiger partial charge < -0.3 is 10.1 Å². The second-order valence-electron chi connectivity index (χ2n) is 11.6. The predicted molar refractivity (Wildman–Crippen MR) is 164 cm³/mol. The van der Waals surface area contributed by atoms with Crippen molar-refractivity contribution in [3.8, 4) is 21.7 Å². The second-order valence-corrected chi connectivity index (χ2v) is 12.4. The largest absolute Gasteiger partial charge is 0.445 e. The summed E-state index contributed by atoms with van der Waals surface area (Å²) in [5.74, 6) is 0.0350. The van der Waals surface area contributed by atoms with Gasteiger partial charge in [-0.3, -0.25) is 14.6 Å². The first kappa shape index (κ1) is 30.1. The third-order valence-corrected chi connectivity index (χ3v) is 7.36. The summed E-state index contributed by atoms with van der Waals surface area (Å²) in [6.45, 7) is 12.2. The maximum Gasteiger partial charge on any atom is 0.407 e. The minimum Gasteiger partial charge on any atom is -0.445 e. The van der Waals surface area contributed by atoms with E-state index in [1.54, 1.807) is 12.4 Å². The zero-order chi connectivity index (χ0) is 29.9. The molecule has 216 valence electrons. The number of nitrogens with zero attached hydrogens (tertiary/aromatic N) is 3. The Morgan fingerprint density at radius 1 is 1.05 bits per heavy atom. The lowest BCUT2D eigenvalue weighted by Crippen LogP contribution is -2.40. The van der Waals surface area contributed by atoms with Crippen molar-refractivity contribution in [1.82, 2.24) is 20.3 Å². The SMILES string of the molecule is CON(C)C(=O)c1csc(-c2ccc3nc(CC(C)C)c(COC(=O)NC(C)(C)C)c(-c4ccc(C)cc4)c3c2)n1. The third kappa shape index (κ3) is 7.28. The summed E-state index contributed by atoms with van der Waals surface area (Å²) in [6, 6.07) is 14.4. The molecule has 4 rings (SSSR count). The number of rotatable bonds is 8. The number of fused-ring (bicyclic) bond motifs is 1. The Morgan fingerprint density at radius 3 is 2.37 bits per heavy atom. The predicted octanol–water partition coefficient (Wildman–Crippen LogP) is 7.19. The average molecular weight is 575 g/mol. The average Bonchev–Trinajstić information content (AvgIpc) is 3.40. The molecule has 0 aliphatic heterocycles. The summed E-state index contributed by atoms with van der Waals surface area (Å²) in [7, 11) is 2.99. The molecule has 9 heteroatoms. The van der Waals surface area contributed by atoms with Crippen molar-refractivity contribution in [3.05, 3.63) is 70.4 Å². The van der Waals surface area contributed by atoms with Crippen LogP contribution in [0.5, 0.6) is 0 Å². The number of aromatic nitrogens is 2. The monoisotopic (exact) mass is 574 g/mol. The molecule has 0 aliphatic rings. The smallest absolute Gasteiger partial charge is 0.407 e. The van der Waals surface area contributed by atoms with E-state index in [1.165, 1.54) is 18.4 Å². The van der Waals surface area contributed by atoms with E-state index >= 15 is 0 Å². The highest BCUT2D eigenvalue weighted by Crippen LogP contribution is 2.37. The Hall–Kier alpha value is -3.82. The van der Waals surface area contributed by atoms with Crippen LogP contribution < -0.4 is 5.32 Å². The van der Waals surface area contributed by atoms with E-state index in [2.05, 4.69) is 61.4 Å². The van der Waals surface area contributed by atoms with Crippen LogP contribution in [0, 0.1) is 12.8 Å². The van der Waals surface area contributed by atoms with Crippen LogP contribution in [0.25, 0.3) is 32.6 Å². The molecule has 0 saturated carbocycles. The first-order valence-electron chi connectivity index (χ1n) is 13.6. The van der Waals surface area contributed by atoms with Crippen LogP contribution in [-0.4, -0.2) is 46.7 Å². The van der Waals surface area contributed by atoms with Gasteiger partial charge in [-0.2, -0.15) is 0 Å². The number of alkyl carbamates (subject to hydrolysis) is 1. The summed E-state index contributed by atoms with van der Waals surface area (Å²) >= 11 is 1.39. The number of carbonyl (C=O) groups is 2. The normalized spacial score (nSPS) is 11.6. The summed E-state index contributed by atoms with van der Waals surface area (Å²) in [4.78, 5) is 39.9. The number of ether oxygens (including phenoxy) is 1. The Balaban J connectivity index is 1.89. The molecule has 0 atom stereocenters. The fourth-order valence-electron chi connectivity index (χ4n) is 4.48. The highest BCUT2D eigenvalue weighted by atomic mass is 32.1. The van der Waals surface area contributed by atoms with Gasteiger partial charge >= 0.3 is 6.09 Å². The van der Waals surface area contributed by atoms with Crippen molar-refractivity contribution in [3.63, 3.8) is 0 Å². The maximum atomic E-state index is 12.7. The highest BCUT2D eigenvalue weighted by Gasteiger charge is 2.22. The second kappa shape index (κ2) is 12.4. The number of carbonyl (C=O) groups excluding carboxylic acids is 2. The molecule has 0 fully saturated rings. The lowest BCUT2D eigenvalue weighted by molar-refractivity contribution is -0.0760. The number of benzene rings is 2. The Bertz CT molecular complexity index is 1550. The number of thiazole rings is 1. The van der Waals surface area contributed by atoms with Crippen molar-refractivity contribution < 1.29 is 19.2 Å². The summed E-state index contributed by atoms with van der Waals surface area (Å²) in [6.07, 6.45) is 0.263. The van der Waals surface area contributed by atoms with Gasteiger partial charge in [0.2, 0.25) is 0 Å². The molecular formula is C32H38N4O4S. The van der Waals surface area contributed by atoms with Crippen LogP contribution in [0.3, 0.4) is 0 Å². The minimum atomic E-state index is -0.474. The van der Waals surface area contributed by atoms with Gasteiger partial charge in [0, 0.05) is 40.2 Å². The molecule has 0 saturated heterocycles. The zero-order valence-electron chi connectivity index (χ0n) is 25.0. The lowest BCUT2D eigenvalue weighted by Gasteiger charge is -2.22. The molecule has 0 aliphatic carbocycles. The van der Waals surface area contributed by atoms with E-state index in [9.17, 15) is 9.59 Å². The molecule has 8 nitrogen and oxygen atoms in total. The molecule has 2 heterocycles. The molecule has 0 spiro atoms. The lowest BCUT2D eigenvalue weighted by atomic mass is 9.91. The fraction of sp³-hybridized carbons (Fsp3) is 0.375. The molecule has 1 N–H and O–H groups in total. The number of amides is 2. The van der Waals surface area contributed by atoms with E-state index in [1.807, 2.05) is 32.9 Å². The number of hydroxylamine groups is 2. The molecule has 2 amide bonds. The first-order chi connectivity index (χ1) is 19.4. The fourth-order valence-corrected chi connectivity index (χ4v) is 5.27. The first-order valence-corrected chi connectivity index (χ1v) is 14.5. The van der Waals surface area contributed by atoms with Gasteiger partial charge in [0.15, 0.2) is 0 Å². The van der Waals surface area contributed by atoms with Crippen molar-refractivity contribution >= 4 is 34.2 Å². The maximum absolute atomic E-state index is 12.7. The molecule has 0 unspecified atom stereocenters. The third-order valence-electron chi connectivity index (χ3n) is 6.47. The van der Waals surface area contributed by atoms with E-state index in [-0.39, 0.29) is 12.5 Å². The van der Waals surface area contributed by atoms with E-state index in [4.69, 9.17) is 14.6 Å². The quantitative estimate of drug-likeness (QED) is 0.224. The van der Waals surface area contributed by atoms with Gasteiger partial charge in [-0.05, 0) is 69.4 Å². The number of hydrogen-bond acceptors (Lipinski definition) is 7. The van der Waals surface area contributed by atoms with Crippen LogP contribution in [0.2, 0.25) is 0 Å². The number of nitrogens with one attached hydrogen (secondary N) is 1. The van der Waals surface area contributed by atoms with Gasteiger partial charge in [-0.15, -0.1) is 11.3 Å². The Kier molecular flexibility index (Phi) is 9.09. The van der Waals surface area contributed by atoms with Crippen molar-refractivity contribution in [2.45, 2.75) is 60.1 Å². The molecule has 0 radical (unpaired) electrons. The molecule has 4 aromatic rings. The summed E-state index contributed by atoms with van der Waals surface area (Å²) in [5, 5.41) is 7.39. The van der Waals surface area contributed by atoms with Crippen LogP contribution in [0.4, 0.5) is 4.79 Å². The molecule has 2 aromatic heterocycles. The van der Waals surface area contributed by atoms with Crippen LogP contribution in [0.15, 0.2) is 47.8 Å². The van der Waals surface area contributed by atoms with E-state index in [0.717, 1.165) is 55.9 Å². The van der Waals surface area contributed by atoms with Crippen LogP contribution in [-0.2, 0) is 22.6 Å². The standard InChI is InChI=1S/C32H38N4O4S/c1-19(2)15-26-24(17-40-31(38)35-32(4,5)6)28(21-11-9-20(3)10-12-21)23-16-22(13-14-25(23)33-26)29-34-27(18-41-29)30(37)36(7)39-8/h9-14,16,18-19H,15,17H2,1-8H3,(H,35,38). The van der Waals surface area contributed by atoms with Gasteiger partial charge in [-0.1, -0.05) is 43.7 Å². The highest BCUT2D eigenvalue weighted by molar-refractivity contribution is 7.13. The molecule has 41 heavy (non-hydrogen) atoms. The molecule has 2 aromatic carbocycles. The number of hydrogen-bond donors (Lipinski definition) is 1. The van der Waals surface area contributed by atoms with Gasteiger partial charge in [-0.25, -0.2) is 14.8 Å². The topological polar surface area (TPSA) is 93.6 Å². The number of pyridine rings is 1. The van der Waals surface area contributed by atoms with E-state index < -0.39 is 11.6 Å². The van der Waals surface area contributed by atoms with Crippen molar-refractivity contribution in [2.24, 2.45) is 5.92 Å². The van der Waals surface area contributed by atoms with Gasteiger partial charge in [0.05, 0.1) is 12.6 Å². The van der Waals surface area contributed by atoms with Crippen molar-refractivity contribution in [2.75, 3.05) is 14.2 Å². The van der Waals surface area contributed by atoms with Gasteiger partial charge in [0.25, 0.3) is 5.91 Å². The number of aryl methyl sites for hydroxylation is 1. The van der Waals surface area contributed by atoms with Crippen LogP contribution in [0.1, 0.15) is 61.9 Å². The zero-order valence-corrected chi connectivity index (χ0v) is 25.8. The van der Waals surface area contributed by atoms with Crippen LogP contribution >= 0.6 is 11.3 Å². The summed E-state index contributed by atoms with van der Waals surface area (Å²) < 4.78 is 5.78. The molecular weight excluding hydrogens is 536 g/mol. The Morgan fingerprint density at radius 2 is 1.73 bits per heavy atom. The van der Waals surface area contributed by atoms with Gasteiger partial charge in [0.1, 0.15) is 17.3 Å². The Labute approximate surface area is 245 Å². The van der Waals surface area contributed by atoms with Crippen molar-refractivity contribution in [1.29, 1.82) is 0 Å². The molecule has 0 bridgehead atoms.